The molecular weight excluding hydrogens is 388 g/mol. The van der Waals surface area contributed by atoms with Crippen molar-refractivity contribution in [2.24, 2.45) is 0 Å². The lowest BCUT2D eigenvalue weighted by Crippen LogP contribution is -2.27. The third kappa shape index (κ3) is 3.29. The van der Waals surface area contributed by atoms with Crippen molar-refractivity contribution in [1.82, 2.24) is 15.3 Å². The number of rotatable bonds is 4. The van der Waals surface area contributed by atoms with Gasteiger partial charge in [-0.15, -0.1) is 0 Å². The lowest BCUT2D eigenvalue weighted by atomic mass is 10.2. The van der Waals surface area contributed by atoms with E-state index in [0.717, 1.165) is 42.5 Å². The number of para-hydroxylation sites is 1. The van der Waals surface area contributed by atoms with Crippen LogP contribution in [-0.2, 0) is 6.54 Å². The van der Waals surface area contributed by atoms with E-state index in [1.54, 1.807) is 6.07 Å². The van der Waals surface area contributed by atoms with Crippen LogP contribution in [0.4, 0.5) is 5.82 Å². The van der Waals surface area contributed by atoms with Gasteiger partial charge in [-0.2, -0.15) is 0 Å². The number of carbonyl (C=O) groups excluding carboxylic acids is 1. The molecule has 2 aromatic carbocycles. The van der Waals surface area contributed by atoms with Gasteiger partial charge in [0, 0.05) is 30.0 Å². The van der Waals surface area contributed by atoms with Gasteiger partial charge >= 0.3 is 0 Å². The van der Waals surface area contributed by atoms with Gasteiger partial charge in [0.2, 0.25) is 5.82 Å². The summed E-state index contributed by atoms with van der Waals surface area (Å²) < 4.78 is 6.06. The molecule has 5 rings (SSSR count). The average molecular weight is 407 g/mol. The number of aromatic nitrogens is 2. The molecule has 146 valence electrons. The van der Waals surface area contributed by atoms with Crippen LogP contribution in [0.3, 0.4) is 0 Å². The van der Waals surface area contributed by atoms with Crippen LogP contribution in [0.2, 0.25) is 5.02 Å². The van der Waals surface area contributed by atoms with Gasteiger partial charge in [0.25, 0.3) is 5.91 Å². The van der Waals surface area contributed by atoms with Crippen LogP contribution in [0.1, 0.15) is 29.0 Å². The largest absolute Gasteiger partial charge is 0.450 e. The molecule has 2 aromatic heterocycles. The van der Waals surface area contributed by atoms with Gasteiger partial charge in [-0.3, -0.25) is 4.79 Å². The number of carbonyl (C=O) groups is 1. The Morgan fingerprint density at radius 2 is 1.83 bits per heavy atom. The third-order valence-electron chi connectivity index (χ3n) is 5.21. The van der Waals surface area contributed by atoms with Crippen LogP contribution in [0.15, 0.2) is 52.9 Å². The summed E-state index contributed by atoms with van der Waals surface area (Å²) in [6.07, 6.45) is 2.19. The molecule has 1 fully saturated rings. The fourth-order valence-electron chi connectivity index (χ4n) is 3.72. The topological polar surface area (TPSA) is 71.3 Å². The molecule has 6 nitrogen and oxygen atoms in total. The summed E-state index contributed by atoms with van der Waals surface area (Å²) in [5.41, 5.74) is 2.89. The molecule has 0 bridgehead atoms. The molecule has 1 N–H and O–H groups in total. The smallest absolute Gasteiger partial charge is 0.289 e. The summed E-state index contributed by atoms with van der Waals surface area (Å²) in [6, 6.07) is 15.1. The van der Waals surface area contributed by atoms with Crippen LogP contribution in [-0.4, -0.2) is 29.0 Å². The summed E-state index contributed by atoms with van der Waals surface area (Å²) in [5, 5.41) is 4.38. The average Bonchev–Trinajstić information content (AvgIpc) is 3.40. The Bertz CT molecular complexity index is 1210. The molecule has 4 aromatic rings. The Hall–Kier alpha value is -3.12. The number of nitrogens with zero attached hydrogens (tertiary/aromatic N) is 3. The maximum atomic E-state index is 12.9. The quantitative estimate of drug-likeness (QED) is 0.538. The molecule has 1 saturated heterocycles. The molecule has 0 radical (unpaired) electrons. The Kier molecular flexibility index (Phi) is 4.56. The van der Waals surface area contributed by atoms with Crippen LogP contribution in [0, 0.1) is 0 Å². The van der Waals surface area contributed by atoms with Crippen LogP contribution >= 0.6 is 11.6 Å². The fourth-order valence-corrected chi connectivity index (χ4v) is 3.92. The number of amides is 1. The molecule has 29 heavy (non-hydrogen) atoms. The lowest BCUT2D eigenvalue weighted by molar-refractivity contribution is 0.0941. The van der Waals surface area contributed by atoms with Crippen molar-refractivity contribution in [1.29, 1.82) is 0 Å². The third-order valence-corrected chi connectivity index (χ3v) is 5.58. The summed E-state index contributed by atoms with van der Waals surface area (Å²) in [4.78, 5) is 24.2. The van der Waals surface area contributed by atoms with E-state index >= 15 is 0 Å². The number of benzene rings is 2. The van der Waals surface area contributed by atoms with Gasteiger partial charge < -0.3 is 14.6 Å². The second-order valence-electron chi connectivity index (χ2n) is 7.12. The molecular formula is C22H19ClN4O2. The van der Waals surface area contributed by atoms with Gasteiger partial charge in [-0.1, -0.05) is 41.9 Å². The zero-order valence-corrected chi connectivity index (χ0v) is 16.4. The first-order valence-corrected chi connectivity index (χ1v) is 10.0. The summed E-state index contributed by atoms with van der Waals surface area (Å²) in [5.74, 6) is 0.488. The minimum Gasteiger partial charge on any atom is -0.450 e. The number of hydrogen-bond donors (Lipinski definition) is 1. The van der Waals surface area contributed by atoms with E-state index in [0.29, 0.717) is 28.5 Å². The number of furan rings is 1. The molecule has 0 spiro atoms. The first-order chi connectivity index (χ1) is 14.2. The molecule has 3 heterocycles. The standard InChI is InChI=1S/C22H19ClN4O2/c23-16-9-3-1-7-14(16)13-24-22(28)20-25-18-15-8-2-4-10-17(15)29-19(18)21(26-20)27-11-5-6-12-27/h1-4,7-10H,5-6,11-13H2,(H,24,28). The molecule has 0 aliphatic carbocycles. The highest BCUT2D eigenvalue weighted by Crippen LogP contribution is 2.34. The first kappa shape index (κ1) is 17.9. The highest BCUT2D eigenvalue weighted by molar-refractivity contribution is 6.31. The van der Waals surface area contributed by atoms with E-state index in [1.807, 2.05) is 42.5 Å². The van der Waals surface area contributed by atoms with Crippen molar-refractivity contribution in [3.8, 4) is 0 Å². The van der Waals surface area contributed by atoms with E-state index < -0.39 is 0 Å². The summed E-state index contributed by atoms with van der Waals surface area (Å²) in [7, 11) is 0. The van der Waals surface area contributed by atoms with Crippen LogP contribution < -0.4 is 10.2 Å². The number of hydrogen-bond acceptors (Lipinski definition) is 5. The van der Waals surface area contributed by atoms with Crippen molar-refractivity contribution in [3.05, 3.63) is 64.9 Å². The molecule has 1 aliphatic heterocycles. The molecule has 0 atom stereocenters. The molecule has 0 unspecified atom stereocenters. The van der Waals surface area contributed by atoms with Crippen molar-refractivity contribution < 1.29 is 9.21 Å². The van der Waals surface area contributed by atoms with Gasteiger partial charge in [-0.25, -0.2) is 9.97 Å². The SMILES string of the molecule is O=C(NCc1ccccc1Cl)c1nc(N2CCCC2)c2oc3ccccc3c2n1. The van der Waals surface area contributed by atoms with Crippen molar-refractivity contribution in [3.63, 3.8) is 0 Å². The van der Waals surface area contributed by atoms with E-state index in [9.17, 15) is 4.79 Å². The van der Waals surface area contributed by atoms with E-state index in [1.165, 1.54) is 0 Å². The zero-order chi connectivity index (χ0) is 19.8. The Labute approximate surface area is 172 Å². The summed E-state index contributed by atoms with van der Waals surface area (Å²) >= 11 is 6.19. The van der Waals surface area contributed by atoms with E-state index in [4.69, 9.17) is 16.0 Å². The predicted octanol–water partition coefficient (Wildman–Crippen LogP) is 4.56. The predicted molar refractivity (Wildman–Crippen MR) is 113 cm³/mol. The monoisotopic (exact) mass is 406 g/mol. The van der Waals surface area contributed by atoms with Gasteiger partial charge in [0.15, 0.2) is 11.4 Å². The van der Waals surface area contributed by atoms with Gasteiger partial charge in [0.05, 0.1) is 0 Å². The number of halogens is 1. The van der Waals surface area contributed by atoms with Gasteiger partial charge in [-0.05, 0) is 36.6 Å². The lowest BCUT2D eigenvalue weighted by Gasteiger charge is -2.17. The second kappa shape index (κ2) is 7.37. The zero-order valence-electron chi connectivity index (χ0n) is 15.7. The number of fused-ring (bicyclic) bond motifs is 3. The fraction of sp³-hybridized carbons (Fsp3) is 0.227. The molecule has 7 heteroatoms. The van der Waals surface area contributed by atoms with Crippen LogP contribution in [0.5, 0.6) is 0 Å². The normalized spacial score (nSPS) is 14.0. The van der Waals surface area contributed by atoms with Crippen molar-refractivity contribution in [2.75, 3.05) is 18.0 Å². The minimum absolute atomic E-state index is 0.137. The van der Waals surface area contributed by atoms with Gasteiger partial charge in [0.1, 0.15) is 11.1 Å². The van der Waals surface area contributed by atoms with Crippen molar-refractivity contribution >= 4 is 45.4 Å². The Morgan fingerprint density at radius 3 is 2.66 bits per heavy atom. The maximum Gasteiger partial charge on any atom is 0.289 e. The van der Waals surface area contributed by atoms with E-state index in [-0.39, 0.29) is 11.7 Å². The maximum absolute atomic E-state index is 12.9. The number of nitrogens with one attached hydrogen (secondary N) is 1. The molecule has 1 amide bonds. The highest BCUT2D eigenvalue weighted by atomic mass is 35.5. The second-order valence-corrected chi connectivity index (χ2v) is 7.52. The highest BCUT2D eigenvalue weighted by Gasteiger charge is 2.24. The minimum atomic E-state index is -0.336. The molecule has 0 saturated carbocycles. The summed E-state index contributed by atoms with van der Waals surface area (Å²) in [6.45, 7) is 2.10. The Morgan fingerprint density at radius 1 is 1.07 bits per heavy atom. The number of anilines is 1. The van der Waals surface area contributed by atoms with Crippen molar-refractivity contribution in [2.45, 2.75) is 19.4 Å². The molecule has 1 aliphatic rings. The Balaban J connectivity index is 1.55. The van der Waals surface area contributed by atoms with Crippen LogP contribution in [0.25, 0.3) is 22.1 Å². The first-order valence-electron chi connectivity index (χ1n) is 9.66. The van der Waals surface area contributed by atoms with E-state index in [2.05, 4.69) is 20.2 Å².